The van der Waals surface area contributed by atoms with Gasteiger partial charge in [-0.25, -0.2) is 4.79 Å². The molecule has 4 heteroatoms. The molecule has 1 saturated heterocycles. The molecule has 0 saturated carbocycles. The van der Waals surface area contributed by atoms with Crippen LogP contribution >= 0.6 is 0 Å². The first-order chi connectivity index (χ1) is 9.12. The highest BCUT2D eigenvalue weighted by molar-refractivity contribution is 5.82. The van der Waals surface area contributed by atoms with Crippen molar-refractivity contribution in [3.8, 4) is 11.8 Å². The Balaban J connectivity index is 2.35. The number of hydrogen-bond acceptors (Lipinski definition) is 2. The smallest absolute Gasteiger partial charge is 0.320 e. The van der Waals surface area contributed by atoms with Gasteiger partial charge in [0.05, 0.1) is 0 Å². The van der Waals surface area contributed by atoms with Crippen molar-refractivity contribution >= 4 is 6.03 Å². The fourth-order valence-electron chi connectivity index (χ4n) is 2.28. The third-order valence-corrected chi connectivity index (χ3v) is 3.33. The normalized spacial score (nSPS) is 21.4. The van der Waals surface area contributed by atoms with Crippen LogP contribution in [0.3, 0.4) is 0 Å². The zero-order chi connectivity index (χ0) is 13.9. The van der Waals surface area contributed by atoms with E-state index in [4.69, 9.17) is 5.11 Å². The summed E-state index contributed by atoms with van der Waals surface area (Å²) in [5.74, 6) is 5.44. The number of carbonyl (C=O) groups is 1. The van der Waals surface area contributed by atoms with Crippen LogP contribution in [0.2, 0.25) is 0 Å². The van der Waals surface area contributed by atoms with Gasteiger partial charge in [0, 0.05) is 11.3 Å². The molecule has 0 aromatic heterocycles. The van der Waals surface area contributed by atoms with Crippen LogP contribution in [0.1, 0.15) is 24.5 Å². The third kappa shape index (κ3) is 2.33. The van der Waals surface area contributed by atoms with E-state index in [0.717, 1.165) is 11.1 Å². The molecule has 1 aliphatic heterocycles. The summed E-state index contributed by atoms with van der Waals surface area (Å²) in [5, 5.41) is 14.3. The predicted molar refractivity (Wildman–Crippen MR) is 73.2 cm³/mol. The van der Waals surface area contributed by atoms with Crippen LogP contribution in [0.5, 0.6) is 0 Å². The number of urea groups is 1. The Morgan fingerprint density at radius 1 is 1.37 bits per heavy atom. The lowest BCUT2D eigenvalue weighted by Crippen LogP contribution is -2.38. The van der Waals surface area contributed by atoms with Gasteiger partial charge in [-0.2, -0.15) is 0 Å². The predicted octanol–water partition coefficient (Wildman–Crippen LogP) is 1.46. The average Bonchev–Trinajstić information content (AvgIpc) is 2.72. The highest BCUT2D eigenvalue weighted by Gasteiger charge is 2.41. The molecule has 0 spiro atoms. The van der Waals surface area contributed by atoms with Crippen molar-refractivity contribution in [2.24, 2.45) is 0 Å². The number of carbonyl (C=O) groups excluding carboxylic acids is 1. The summed E-state index contributed by atoms with van der Waals surface area (Å²) < 4.78 is 0. The number of rotatable bonds is 2. The van der Waals surface area contributed by atoms with Gasteiger partial charge in [0.25, 0.3) is 0 Å². The van der Waals surface area contributed by atoms with Crippen LogP contribution in [0.4, 0.5) is 4.79 Å². The van der Waals surface area contributed by atoms with Gasteiger partial charge >= 0.3 is 6.03 Å². The number of benzene rings is 1. The van der Waals surface area contributed by atoms with Crippen LogP contribution in [-0.2, 0) is 5.54 Å². The van der Waals surface area contributed by atoms with Gasteiger partial charge < -0.3 is 15.7 Å². The largest absolute Gasteiger partial charge is 0.384 e. The van der Waals surface area contributed by atoms with Gasteiger partial charge in [-0.05, 0) is 24.1 Å². The topological polar surface area (TPSA) is 61.4 Å². The Hall–Kier alpha value is -2.25. The second kappa shape index (κ2) is 5.17. The summed E-state index contributed by atoms with van der Waals surface area (Å²) in [7, 11) is 0. The Bertz CT molecular complexity index is 566. The van der Waals surface area contributed by atoms with Gasteiger partial charge in [0.1, 0.15) is 12.1 Å². The summed E-state index contributed by atoms with van der Waals surface area (Å²) in [6.07, 6.45) is 0.715. The van der Waals surface area contributed by atoms with E-state index < -0.39 is 5.54 Å². The van der Waals surface area contributed by atoms with Crippen LogP contribution in [-0.4, -0.2) is 17.7 Å². The highest BCUT2D eigenvalue weighted by atomic mass is 16.2. The molecule has 19 heavy (non-hydrogen) atoms. The zero-order valence-corrected chi connectivity index (χ0v) is 10.8. The Morgan fingerprint density at radius 3 is 2.53 bits per heavy atom. The molecule has 3 N–H and O–H groups in total. The first kappa shape index (κ1) is 13.2. The van der Waals surface area contributed by atoms with E-state index >= 15 is 0 Å². The van der Waals surface area contributed by atoms with Crippen molar-refractivity contribution in [2.75, 3.05) is 6.61 Å². The fraction of sp³-hybridized carbons (Fsp3) is 0.267. The van der Waals surface area contributed by atoms with E-state index in [-0.39, 0.29) is 12.6 Å². The molecule has 0 aliphatic carbocycles. The van der Waals surface area contributed by atoms with E-state index in [1.54, 1.807) is 0 Å². The van der Waals surface area contributed by atoms with Crippen molar-refractivity contribution in [1.82, 2.24) is 10.6 Å². The molecule has 2 rings (SSSR count). The van der Waals surface area contributed by atoms with Crippen molar-refractivity contribution in [1.29, 1.82) is 0 Å². The maximum absolute atomic E-state index is 11.5. The minimum Gasteiger partial charge on any atom is -0.384 e. The van der Waals surface area contributed by atoms with E-state index in [1.165, 1.54) is 0 Å². The molecule has 1 aromatic rings. The lowest BCUT2D eigenvalue weighted by molar-refractivity contribution is 0.244. The molecule has 1 atom stereocenters. The van der Waals surface area contributed by atoms with E-state index in [9.17, 15) is 4.79 Å². The van der Waals surface area contributed by atoms with Crippen LogP contribution in [0, 0.1) is 11.8 Å². The molecule has 1 fully saturated rings. The number of amides is 2. The summed E-state index contributed by atoms with van der Waals surface area (Å²) >= 11 is 0. The first-order valence-electron chi connectivity index (χ1n) is 6.11. The average molecular weight is 256 g/mol. The Labute approximate surface area is 112 Å². The molecule has 4 nitrogen and oxygen atoms in total. The Morgan fingerprint density at radius 2 is 2.05 bits per heavy atom. The molecule has 0 bridgehead atoms. The molecule has 98 valence electrons. The standard InChI is InChI=1S/C15H16N2O2/c1-3-15(11(2)16-14(19)17-15)13-8-6-12(7-9-13)5-4-10-18/h6-9,18H,2-3,10H2,1H3,(H2,16,17,19). The second-order valence-corrected chi connectivity index (χ2v) is 4.35. The number of hydrogen-bond donors (Lipinski definition) is 3. The number of aliphatic hydroxyl groups excluding tert-OH is 1. The molecule has 1 aliphatic rings. The van der Waals surface area contributed by atoms with E-state index in [0.29, 0.717) is 12.1 Å². The van der Waals surface area contributed by atoms with E-state index in [1.807, 2.05) is 31.2 Å². The minimum absolute atomic E-state index is 0.155. The monoisotopic (exact) mass is 256 g/mol. The van der Waals surface area contributed by atoms with Crippen molar-refractivity contribution in [2.45, 2.75) is 18.9 Å². The van der Waals surface area contributed by atoms with Crippen LogP contribution in [0.15, 0.2) is 36.5 Å². The molecule has 1 heterocycles. The van der Waals surface area contributed by atoms with Gasteiger partial charge in [0.15, 0.2) is 0 Å². The summed E-state index contributed by atoms with van der Waals surface area (Å²) in [6.45, 7) is 5.76. The summed E-state index contributed by atoms with van der Waals surface area (Å²) in [5.41, 5.74) is 1.90. The van der Waals surface area contributed by atoms with Crippen molar-refractivity contribution in [3.63, 3.8) is 0 Å². The van der Waals surface area contributed by atoms with Crippen LogP contribution < -0.4 is 10.6 Å². The first-order valence-corrected chi connectivity index (χ1v) is 6.11. The third-order valence-electron chi connectivity index (χ3n) is 3.33. The van der Waals surface area contributed by atoms with Gasteiger partial charge in [0.2, 0.25) is 0 Å². The van der Waals surface area contributed by atoms with Crippen molar-refractivity contribution in [3.05, 3.63) is 47.7 Å². The van der Waals surface area contributed by atoms with Crippen LogP contribution in [0.25, 0.3) is 0 Å². The molecule has 0 radical (unpaired) electrons. The molecular formula is C15H16N2O2. The maximum Gasteiger partial charge on any atom is 0.320 e. The fourth-order valence-corrected chi connectivity index (χ4v) is 2.28. The van der Waals surface area contributed by atoms with Gasteiger partial charge in [-0.15, -0.1) is 0 Å². The van der Waals surface area contributed by atoms with E-state index in [2.05, 4.69) is 29.1 Å². The molecule has 2 amide bonds. The number of aliphatic hydroxyl groups is 1. The highest BCUT2D eigenvalue weighted by Crippen LogP contribution is 2.33. The van der Waals surface area contributed by atoms with Crippen molar-refractivity contribution < 1.29 is 9.90 Å². The molecule has 1 unspecified atom stereocenters. The summed E-state index contributed by atoms with van der Waals surface area (Å²) in [4.78, 5) is 11.5. The zero-order valence-electron chi connectivity index (χ0n) is 10.8. The molecule has 1 aromatic carbocycles. The number of nitrogens with one attached hydrogen (secondary N) is 2. The quantitative estimate of drug-likeness (QED) is 0.702. The van der Waals surface area contributed by atoms with Gasteiger partial charge in [-0.1, -0.05) is 37.5 Å². The lowest BCUT2D eigenvalue weighted by Gasteiger charge is -2.28. The lowest BCUT2D eigenvalue weighted by atomic mass is 9.85. The van der Waals surface area contributed by atoms with Gasteiger partial charge in [-0.3, -0.25) is 0 Å². The minimum atomic E-state index is -0.556. The summed E-state index contributed by atoms with van der Waals surface area (Å²) in [6, 6.07) is 7.35. The maximum atomic E-state index is 11.5. The molecular weight excluding hydrogens is 240 g/mol. The second-order valence-electron chi connectivity index (χ2n) is 4.35. The Kier molecular flexibility index (Phi) is 3.59. The SMILES string of the molecule is C=C1NC(=O)NC1(CC)c1ccc(C#CCO)cc1.